The number of carbonyl (C=O) groups is 1. The molecule has 1 fully saturated rings. The Morgan fingerprint density at radius 2 is 1.94 bits per heavy atom. The van der Waals surface area contributed by atoms with Gasteiger partial charge in [-0.1, -0.05) is 28.1 Å². The number of nitrogens with zero attached hydrogens (tertiary/aromatic N) is 5. The van der Waals surface area contributed by atoms with Gasteiger partial charge in [-0.2, -0.15) is 0 Å². The molecule has 0 aliphatic carbocycles. The molecule has 2 aromatic heterocycles. The molecule has 10 heteroatoms. The fourth-order valence-corrected chi connectivity index (χ4v) is 4.02. The van der Waals surface area contributed by atoms with Crippen molar-refractivity contribution < 1.29 is 9.18 Å². The van der Waals surface area contributed by atoms with Crippen molar-refractivity contribution >= 4 is 50.1 Å². The lowest BCUT2D eigenvalue weighted by molar-refractivity contribution is -0.111. The Hall–Kier alpha value is -2.95. The summed E-state index contributed by atoms with van der Waals surface area (Å²) in [6.45, 7) is 4.30. The van der Waals surface area contributed by atoms with E-state index in [1.165, 1.54) is 12.4 Å². The van der Waals surface area contributed by atoms with Crippen LogP contribution in [0.3, 0.4) is 0 Å². The first-order valence-electron chi connectivity index (χ1n) is 10.7. The van der Waals surface area contributed by atoms with Gasteiger partial charge in [0.2, 0.25) is 5.91 Å². The van der Waals surface area contributed by atoms with E-state index in [1.54, 1.807) is 12.3 Å². The van der Waals surface area contributed by atoms with Crippen LogP contribution >= 0.6 is 15.9 Å². The highest BCUT2D eigenvalue weighted by molar-refractivity contribution is 9.10. The van der Waals surface area contributed by atoms with E-state index in [1.807, 2.05) is 30.3 Å². The molecule has 1 aromatic carbocycles. The summed E-state index contributed by atoms with van der Waals surface area (Å²) in [6, 6.07) is 9.52. The predicted molar refractivity (Wildman–Crippen MR) is 131 cm³/mol. The van der Waals surface area contributed by atoms with E-state index < -0.39 is 0 Å². The Morgan fingerprint density at radius 3 is 2.73 bits per heavy atom. The van der Waals surface area contributed by atoms with E-state index in [4.69, 9.17) is 0 Å². The van der Waals surface area contributed by atoms with Gasteiger partial charge in [-0.25, -0.2) is 19.3 Å². The van der Waals surface area contributed by atoms with Gasteiger partial charge in [0, 0.05) is 60.9 Å². The summed E-state index contributed by atoms with van der Waals surface area (Å²) < 4.78 is 13.4. The molecule has 8 nitrogen and oxygen atoms in total. The molecule has 1 amide bonds. The quantitative estimate of drug-likeness (QED) is 0.445. The van der Waals surface area contributed by atoms with E-state index in [2.05, 4.69) is 51.3 Å². The third-order valence-electron chi connectivity index (χ3n) is 5.36. The standard InChI is InChI=1S/C23H25BrFN7O/c24-17-3-1-4-18(13-17)29-23-19-14-21(26-15-20(19)27-16-28-23)30-22(33)5-2-7-31-9-11-32(8-6-25)12-10-31/h1-5,13-16H,6-12H2,(H,26,30,33)(H,27,28,29)/b5-2+. The van der Waals surface area contributed by atoms with Crippen LogP contribution in [0.2, 0.25) is 0 Å². The normalized spacial score (nSPS) is 15.2. The Labute approximate surface area is 200 Å². The van der Waals surface area contributed by atoms with Crippen LogP contribution in [-0.2, 0) is 4.79 Å². The van der Waals surface area contributed by atoms with Gasteiger partial charge >= 0.3 is 0 Å². The fourth-order valence-electron chi connectivity index (χ4n) is 3.62. The summed E-state index contributed by atoms with van der Waals surface area (Å²) in [5.41, 5.74) is 1.54. The monoisotopic (exact) mass is 513 g/mol. The lowest BCUT2D eigenvalue weighted by Crippen LogP contribution is -2.46. The van der Waals surface area contributed by atoms with Crippen molar-refractivity contribution in [2.24, 2.45) is 0 Å². The summed E-state index contributed by atoms with van der Waals surface area (Å²) in [4.78, 5) is 29.6. The maximum Gasteiger partial charge on any atom is 0.249 e. The van der Waals surface area contributed by atoms with Gasteiger partial charge in [0.05, 0.1) is 11.7 Å². The SMILES string of the molecule is O=C(/C=C/CN1CCN(CCF)CC1)Nc1cc2c(Nc3cccc(Br)c3)ncnc2cn1. The van der Waals surface area contributed by atoms with Crippen LogP contribution in [0, 0.1) is 0 Å². The first-order chi connectivity index (χ1) is 16.1. The summed E-state index contributed by atoms with van der Waals surface area (Å²) in [5, 5.41) is 6.83. The fraction of sp³-hybridized carbons (Fsp3) is 0.304. The zero-order chi connectivity index (χ0) is 23.0. The number of fused-ring (bicyclic) bond motifs is 1. The van der Waals surface area contributed by atoms with E-state index in [9.17, 15) is 9.18 Å². The van der Waals surface area contributed by atoms with Crippen molar-refractivity contribution in [1.82, 2.24) is 24.8 Å². The first kappa shape index (κ1) is 23.2. The Bertz CT molecular complexity index is 1130. The van der Waals surface area contributed by atoms with Gasteiger partial charge < -0.3 is 10.6 Å². The van der Waals surface area contributed by atoms with Crippen molar-refractivity contribution in [3.8, 4) is 0 Å². The number of benzene rings is 1. The van der Waals surface area contributed by atoms with Crippen molar-refractivity contribution in [2.45, 2.75) is 0 Å². The van der Waals surface area contributed by atoms with Gasteiger partial charge in [0.25, 0.3) is 0 Å². The smallest absolute Gasteiger partial charge is 0.249 e. The molecular weight excluding hydrogens is 489 g/mol. The molecule has 2 N–H and O–H groups in total. The topological polar surface area (TPSA) is 86.3 Å². The van der Waals surface area contributed by atoms with Crippen molar-refractivity contribution in [2.75, 3.05) is 56.6 Å². The van der Waals surface area contributed by atoms with Gasteiger partial charge in [0.15, 0.2) is 0 Å². The van der Waals surface area contributed by atoms with Gasteiger partial charge in [0.1, 0.15) is 24.6 Å². The number of rotatable bonds is 8. The molecule has 4 rings (SSSR count). The second kappa shape index (κ2) is 11.3. The van der Waals surface area contributed by atoms with Crippen LogP contribution in [-0.4, -0.2) is 76.6 Å². The number of pyridine rings is 1. The Balaban J connectivity index is 1.37. The average molecular weight is 514 g/mol. The van der Waals surface area contributed by atoms with E-state index >= 15 is 0 Å². The number of nitrogens with one attached hydrogen (secondary N) is 2. The maximum atomic E-state index is 12.4. The molecule has 1 aliphatic heterocycles. The first-order valence-corrected chi connectivity index (χ1v) is 11.5. The zero-order valence-electron chi connectivity index (χ0n) is 18.0. The number of halogens is 2. The molecule has 33 heavy (non-hydrogen) atoms. The van der Waals surface area contributed by atoms with Crippen LogP contribution < -0.4 is 10.6 Å². The molecule has 0 radical (unpaired) electrons. The van der Waals surface area contributed by atoms with E-state index in [0.717, 1.165) is 41.7 Å². The lowest BCUT2D eigenvalue weighted by Gasteiger charge is -2.33. The number of hydrogen-bond acceptors (Lipinski definition) is 7. The number of anilines is 3. The Morgan fingerprint density at radius 1 is 1.12 bits per heavy atom. The molecule has 0 saturated carbocycles. The van der Waals surface area contributed by atoms with Crippen LogP contribution in [0.15, 0.2) is 59.5 Å². The minimum atomic E-state index is -0.309. The minimum Gasteiger partial charge on any atom is -0.340 e. The molecule has 0 unspecified atom stereocenters. The summed E-state index contributed by atoms with van der Waals surface area (Å²) in [5.74, 6) is 0.791. The van der Waals surface area contributed by atoms with Crippen LogP contribution in [0.1, 0.15) is 0 Å². The Kier molecular flexibility index (Phi) is 7.92. The highest BCUT2D eigenvalue weighted by atomic mass is 79.9. The molecule has 1 aliphatic rings. The van der Waals surface area contributed by atoms with E-state index in [-0.39, 0.29) is 12.6 Å². The number of aromatic nitrogens is 3. The zero-order valence-corrected chi connectivity index (χ0v) is 19.6. The van der Waals surface area contributed by atoms with Gasteiger partial charge in [-0.05, 0) is 24.3 Å². The third-order valence-corrected chi connectivity index (χ3v) is 5.85. The summed E-state index contributed by atoms with van der Waals surface area (Å²) in [7, 11) is 0. The van der Waals surface area contributed by atoms with Gasteiger partial charge in [-0.3, -0.25) is 14.6 Å². The number of hydrogen-bond donors (Lipinski definition) is 2. The summed E-state index contributed by atoms with van der Waals surface area (Å²) in [6.07, 6.45) is 6.44. The summed E-state index contributed by atoms with van der Waals surface area (Å²) >= 11 is 3.46. The highest BCUT2D eigenvalue weighted by Crippen LogP contribution is 2.25. The van der Waals surface area contributed by atoms with Crippen LogP contribution in [0.25, 0.3) is 10.9 Å². The molecular formula is C23H25BrFN7O. The number of carbonyl (C=O) groups excluding carboxylic acids is 1. The number of amides is 1. The van der Waals surface area contributed by atoms with Crippen molar-refractivity contribution in [3.63, 3.8) is 0 Å². The van der Waals surface area contributed by atoms with Gasteiger partial charge in [-0.15, -0.1) is 0 Å². The molecule has 0 bridgehead atoms. The molecule has 0 atom stereocenters. The maximum absolute atomic E-state index is 12.4. The third kappa shape index (κ3) is 6.53. The van der Waals surface area contributed by atoms with Crippen LogP contribution in [0.5, 0.6) is 0 Å². The second-order valence-electron chi connectivity index (χ2n) is 7.67. The van der Waals surface area contributed by atoms with E-state index in [0.29, 0.717) is 30.2 Å². The highest BCUT2D eigenvalue weighted by Gasteiger charge is 2.15. The molecule has 3 aromatic rings. The molecule has 0 spiro atoms. The average Bonchev–Trinajstić information content (AvgIpc) is 2.81. The molecule has 3 heterocycles. The minimum absolute atomic E-state index is 0.253. The van der Waals surface area contributed by atoms with Crippen LogP contribution in [0.4, 0.5) is 21.7 Å². The van der Waals surface area contributed by atoms with Crippen molar-refractivity contribution in [1.29, 1.82) is 0 Å². The molecule has 1 saturated heterocycles. The molecule has 172 valence electrons. The second-order valence-corrected chi connectivity index (χ2v) is 8.58. The van der Waals surface area contributed by atoms with Crippen molar-refractivity contribution in [3.05, 3.63) is 59.5 Å². The lowest BCUT2D eigenvalue weighted by atomic mass is 10.2. The largest absolute Gasteiger partial charge is 0.340 e. The number of alkyl halides is 1. The predicted octanol–water partition coefficient (Wildman–Crippen LogP) is 3.61. The number of piperazine rings is 1.